The lowest BCUT2D eigenvalue weighted by Crippen LogP contribution is -2.13. The Balaban J connectivity index is 2.02. The van der Waals surface area contributed by atoms with Gasteiger partial charge in [-0.1, -0.05) is 23.8 Å². The largest absolute Gasteiger partial charge is 0.321 e. The highest BCUT2D eigenvalue weighted by atomic mass is 32.1. The first-order valence-corrected chi connectivity index (χ1v) is 8.27. The van der Waals surface area contributed by atoms with E-state index in [9.17, 15) is 9.18 Å². The molecule has 0 saturated heterocycles. The minimum atomic E-state index is -0.280. The van der Waals surface area contributed by atoms with Gasteiger partial charge in [0.2, 0.25) is 0 Å². The van der Waals surface area contributed by atoms with Crippen LogP contribution in [-0.4, -0.2) is 5.91 Å². The summed E-state index contributed by atoms with van der Waals surface area (Å²) in [6, 6.07) is 9.02. The van der Waals surface area contributed by atoms with Crippen molar-refractivity contribution < 1.29 is 9.18 Å². The summed E-state index contributed by atoms with van der Waals surface area (Å²) in [7, 11) is 0. The Bertz CT molecular complexity index is 904. The van der Waals surface area contributed by atoms with Crippen molar-refractivity contribution in [2.24, 2.45) is 0 Å². The van der Waals surface area contributed by atoms with Crippen LogP contribution in [0.4, 0.5) is 10.1 Å². The molecule has 0 saturated carbocycles. The van der Waals surface area contributed by atoms with Gasteiger partial charge in [0.25, 0.3) is 5.91 Å². The van der Waals surface area contributed by atoms with Crippen molar-refractivity contribution in [3.63, 3.8) is 0 Å². The van der Waals surface area contributed by atoms with Crippen molar-refractivity contribution in [1.29, 1.82) is 0 Å². The second-order valence-electron chi connectivity index (χ2n) is 5.90. The van der Waals surface area contributed by atoms with Gasteiger partial charge in [-0.2, -0.15) is 0 Å². The number of amides is 1. The molecule has 4 heteroatoms. The molecule has 2 nitrogen and oxygen atoms in total. The molecule has 0 aliphatic rings. The minimum absolute atomic E-state index is 0.182. The van der Waals surface area contributed by atoms with Crippen molar-refractivity contribution in [1.82, 2.24) is 0 Å². The molecule has 23 heavy (non-hydrogen) atoms. The molecule has 0 fully saturated rings. The van der Waals surface area contributed by atoms with Crippen LogP contribution in [0.2, 0.25) is 0 Å². The van der Waals surface area contributed by atoms with Gasteiger partial charge in [0.05, 0.1) is 4.88 Å². The molecule has 0 spiro atoms. The van der Waals surface area contributed by atoms with E-state index in [0.717, 1.165) is 27.1 Å². The number of nitrogens with one attached hydrogen (secondary N) is 1. The first kappa shape index (κ1) is 15.7. The van der Waals surface area contributed by atoms with Crippen LogP contribution in [0.1, 0.15) is 31.9 Å². The number of carbonyl (C=O) groups excluding carboxylic acids is 1. The molecule has 118 valence electrons. The van der Waals surface area contributed by atoms with E-state index >= 15 is 0 Å². The molecule has 1 N–H and O–H groups in total. The lowest BCUT2D eigenvalue weighted by molar-refractivity contribution is 0.103. The summed E-state index contributed by atoms with van der Waals surface area (Å²) < 4.78 is 14.8. The van der Waals surface area contributed by atoms with Crippen LogP contribution in [0.15, 0.2) is 30.3 Å². The van der Waals surface area contributed by atoms with Crippen LogP contribution < -0.4 is 5.32 Å². The molecule has 1 amide bonds. The maximum atomic E-state index is 14.0. The minimum Gasteiger partial charge on any atom is -0.321 e. The number of rotatable bonds is 2. The van der Waals surface area contributed by atoms with E-state index in [4.69, 9.17) is 0 Å². The van der Waals surface area contributed by atoms with Crippen LogP contribution in [0.25, 0.3) is 10.1 Å². The highest BCUT2D eigenvalue weighted by molar-refractivity contribution is 7.21. The highest BCUT2D eigenvalue weighted by Crippen LogP contribution is 2.33. The van der Waals surface area contributed by atoms with Crippen molar-refractivity contribution in [3.05, 3.63) is 63.3 Å². The maximum Gasteiger partial charge on any atom is 0.266 e. The number of fused-ring (bicyclic) bond motifs is 1. The fourth-order valence-electron chi connectivity index (χ4n) is 3.02. The third kappa shape index (κ3) is 2.75. The maximum absolute atomic E-state index is 14.0. The molecule has 0 atom stereocenters. The quantitative estimate of drug-likeness (QED) is 0.659. The van der Waals surface area contributed by atoms with Crippen LogP contribution in [0, 0.1) is 33.5 Å². The second-order valence-corrected chi connectivity index (χ2v) is 6.95. The molecule has 1 heterocycles. The molecule has 0 radical (unpaired) electrons. The van der Waals surface area contributed by atoms with E-state index in [1.165, 1.54) is 17.4 Å². The van der Waals surface area contributed by atoms with Gasteiger partial charge in [-0.05, 0) is 56.5 Å². The van der Waals surface area contributed by atoms with Gasteiger partial charge in [-0.3, -0.25) is 4.79 Å². The Morgan fingerprint density at radius 2 is 1.74 bits per heavy atom. The van der Waals surface area contributed by atoms with Crippen LogP contribution in [-0.2, 0) is 0 Å². The van der Waals surface area contributed by atoms with Crippen LogP contribution >= 0.6 is 11.3 Å². The summed E-state index contributed by atoms with van der Waals surface area (Å²) in [4.78, 5) is 13.2. The standard InChI is InChI=1S/C19H18FNOS/c1-10-8-11(2)17(12(3)9-10)21-19(22)18-13(4)16-14(20)6-5-7-15(16)23-18/h5-9H,1-4H3,(H,21,22). The van der Waals surface area contributed by atoms with Gasteiger partial charge < -0.3 is 5.32 Å². The predicted molar refractivity (Wildman–Crippen MR) is 95.1 cm³/mol. The number of hydrogen-bond acceptors (Lipinski definition) is 2. The van der Waals surface area contributed by atoms with Gasteiger partial charge in [-0.25, -0.2) is 4.39 Å². The Labute approximate surface area is 139 Å². The van der Waals surface area contributed by atoms with Crippen molar-refractivity contribution >= 4 is 33.0 Å². The monoisotopic (exact) mass is 327 g/mol. The highest BCUT2D eigenvalue weighted by Gasteiger charge is 2.19. The van der Waals surface area contributed by atoms with E-state index in [1.807, 2.05) is 39.0 Å². The fourth-order valence-corrected chi connectivity index (χ4v) is 4.14. The summed E-state index contributed by atoms with van der Waals surface area (Å²) in [5.74, 6) is -0.462. The Hall–Kier alpha value is -2.20. The zero-order chi connectivity index (χ0) is 16.7. The number of benzene rings is 2. The van der Waals surface area contributed by atoms with Gasteiger partial charge in [0.15, 0.2) is 0 Å². The van der Waals surface area contributed by atoms with E-state index in [2.05, 4.69) is 5.32 Å². The summed E-state index contributed by atoms with van der Waals surface area (Å²) in [6.45, 7) is 7.79. The molecule has 0 bridgehead atoms. The van der Waals surface area contributed by atoms with Crippen molar-refractivity contribution in [2.75, 3.05) is 5.32 Å². The third-order valence-corrected chi connectivity index (χ3v) is 5.28. The molecule has 0 aliphatic heterocycles. The molecule has 3 aromatic rings. The topological polar surface area (TPSA) is 29.1 Å². The van der Waals surface area contributed by atoms with Crippen molar-refractivity contribution in [2.45, 2.75) is 27.7 Å². The second kappa shape index (κ2) is 5.78. The average molecular weight is 327 g/mol. The molecule has 1 aromatic heterocycles. The summed E-state index contributed by atoms with van der Waals surface area (Å²) in [5, 5.41) is 3.53. The number of hydrogen-bond donors (Lipinski definition) is 1. The number of thiophene rings is 1. The number of anilines is 1. The van der Waals surface area contributed by atoms with Gasteiger partial charge in [-0.15, -0.1) is 11.3 Å². The zero-order valence-electron chi connectivity index (χ0n) is 13.6. The number of carbonyl (C=O) groups is 1. The molecule has 0 aliphatic carbocycles. The van der Waals surface area contributed by atoms with E-state index in [-0.39, 0.29) is 11.7 Å². The predicted octanol–water partition coefficient (Wildman–Crippen LogP) is 5.53. The smallest absolute Gasteiger partial charge is 0.266 e. The lowest BCUT2D eigenvalue weighted by atomic mass is 10.0. The Morgan fingerprint density at radius 1 is 1.09 bits per heavy atom. The van der Waals surface area contributed by atoms with Crippen molar-refractivity contribution in [3.8, 4) is 0 Å². The molecule has 2 aromatic carbocycles. The molecule has 3 rings (SSSR count). The normalized spacial score (nSPS) is 11.0. The zero-order valence-corrected chi connectivity index (χ0v) is 14.4. The van der Waals surface area contributed by atoms with E-state index < -0.39 is 0 Å². The number of aryl methyl sites for hydroxylation is 4. The van der Waals surface area contributed by atoms with Gasteiger partial charge in [0.1, 0.15) is 5.82 Å². The Kier molecular flexibility index (Phi) is 3.94. The molecular weight excluding hydrogens is 309 g/mol. The summed E-state index contributed by atoms with van der Waals surface area (Å²) in [6.07, 6.45) is 0. The SMILES string of the molecule is Cc1cc(C)c(NC(=O)c2sc3cccc(F)c3c2C)c(C)c1. The van der Waals surface area contributed by atoms with E-state index in [0.29, 0.717) is 15.8 Å². The van der Waals surface area contributed by atoms with E-state index in [1.54, 1.807) is 13.0 Å². The van der Waals surface area contributed by atoms with Crippen LogP contribution in [0.3, 0.4) is 0 Å². The van der Waals surface area contributed by atoms with Crippen LogP contribution in [0.5, 0.6) is 0 Å². The lowest BCUT2D eigenvalue weighted by Gasteiger charge is -2.12. The average Bonchev–Trinajstić information content (AvgIpc) is 2.81. The summed E-state index contributed by atoms with van der Waals surface area (Å²) >= 11 is 1.33. The third-order valence-electron chi connectivity index (χ3n) is 4.02. The first-order chi connectivity index (χ1) is 10.9. The summed E-state index contributed by atoms with van der Waals surface area (Å²) in [5.41, 5.74) is 4.75. The molecule has 0 unspecified atom stereocenters. The first-order valence-electron chi connectivity index (χ1n) is 7.45. The van der Waals surface area contributed by atoms with Gasteiger partial charge in [0, 0.05) is 15.8 Å². The molecular formula is C19H18FNOS. The number of halogens is 1. The Morgan fingerprint density at radius 3 is 2.35 bits per heavy atom. The van der Waals surface area contributed by atoms with Gasteiger partial charge >= 0.3 is 0 Å². The fraction of sp³-hybridized carbons (Fsp3) is 0.211.